The molecule has 1 amide bonds. The fourth-order valence-corrected chi connectivity index (χ4v) is 4.10. The molecule has 0 heterocycles. The zero-order chi connectivity index (χ0) is 23.3. The molecule has 0 aromatic heterocycles. The number of carboxylic acids is 3. The topological polar surface area (TPSA) is 132 Å². The average Bonchev–Trinajstić information content (AvgIpc) is 2.73. The van der Waals surface area contributed by atoms with Gasteiger partial charge in [0.25, 0.3) is 0 Å². The van der Waals surface area contributed by atoms with Crippen molar-refractivity contribution in [3.05, 3.63) is 77.9 Å². The van der Waals surface area contributed by atoms with Gasteiger partial charge in [-0.15, -0.1) is 0 Å². The van der Waals surface area contributed by atoms with E-state index in [1.807, 2.05) is 36.4 Å². The van der Waals surface area contributed by atoms with Crippen LogP contribution in [0.3, 0.4) is 0 Å². The number of hydrogen-bond donors (Lipinski definition) is 3. The Bertz CT molecular complexity index is 997. The Kier molecular flexibility index (Phi) is 7.04. The van der Waals surface area contributed by atoms with Gasteiger partial charge in [0.1, 0.15) is 0 Å². The molecule has 2 unspecified atom stereocenters. The molecular formula is C24H23NO7. The molecule has 8 nitrogen and oxygen atoms in total. The van der Waals surface area contributed by atoms with Crippen molar-refractivity contribution in [2.45, 2.75) is 6.54 Å². The summed E-state index contributed by atoms with van der Waals surface area (Å²) in [5, 5.41) is 28.4. The van der Waals surface area contributed by atoms with Crippen LogP contribution in [0.4, 0.5) is 0 Å². The predicted octanol–water partition coefficient (Wildman–Crippen LogP) is 2.46. The van der Waals surface area contributed by atoms with Gasteiger partial charge in [0, 0.05) is 13.1 Å². The first-order valence-electron chi connectivity index (χ1n) is 10.0. The summed E-state index contributed by atoms with van der Waals surface area (Å²) in [6.07, 6.45) is 3.53. The van der Waals surface area contributed by atoms with E-state index in [-0.39, 0.29) is 13.1 Å². The third-order valence-electron chi connectivity index (χ3n) is 5.65. The standard InChI is InChI=1S/C24H23NO7/c26-21(17-18(22(27)28)20(24(31)32)19(17)23(29)30)25(14-16-10-5-2-6-11-16)13-7-12-15-8-3-1-4-9-15/h1-12,17-20H,13-14H2,(H,27,28)(H,29,30)(H,31,32)/b12-7+. The van der Waals surface area contributed by atoms with Gasteiger partial charge < -0.3 is 20.2 Å². The fraction of sp³-hybridized carbons (Fsp3) is 0.250. The Labute approximate surface area is 184 Å². The first-order chi connectivity index (χ1) is 15.3. The Balaban J connectivity index is 1.88. The van der Waals surface area contributed by atoms with Crippen LogP contribution in [-0.2, 0) is 25.7 Å². The Hall–Kier alpha value is -3.94. The molecule has 3 N–H and O–H groups in total. The van der Waals surface area contributed by atoms with Crippen molar-refractivity contribution < 1.29 is 34.5 Å². The molecule has 32 heavy (non-hydrogen) atoms. The summed E-state index contributed by atoms with van der Waals surface area (Å²) in [6, 6.07) is 18.4. The fourth-order valence-electron chi connectivity index (χ4n) is 4.10. The minimum atomic E-state index is -1.66. The minimum Gasteiger partial charge on any atom is -0.481 e. The van der Waals surface area contributed by atoms with Gasteiger partial charge in [-0.25, -0.2) is 0 Å². The lowest BCUT2D eigenvalue weighted by Crippen LogP contribution is -2.62. The first kappa shape index (κ1) is 22.7. The number of aliphatic carboxylic acids is 3. The largest absolute Gasteiger partial charge is 0.481 e. The smallest absolute Gasteiger partial charge is 0.308 e. The van der Waals surface area contributed by atoms with Crippen molar-refractivity contribution in [1.82, 2.24) is 4.90 Å². The number of benzene rings is 2. The van der Waals surface area contributed by atoms with Crippen molar-refractivity contribution in [3.8, 4) is 0 Å². The molecule has 0 aliphatic heterocycles. The number of carboxylic acid groups (broad SMARTS) is 3. The molecule has 1 aliphatic carbocycles. The molecule has 2 atom stereocenters. The Morgan fingerprint density at radius 1 is 0.719 bits per heavy atom. The molecule has 2 aromatic rings. The predicted molar refractivity (Wildman–Crippen MR) is 114 cm³/mol. The van der Waals surface area contributed by atoms with E-state index in [0.717, 1.165) is 11.1 Å². The molecular weight excluding hydrogens is 414 g/mol. The first-order valence-corrected chi connectivity index (χ1v) is 10.0. The summed E-state index contributed by atoms with van der Waals surface area (Å²) in [5.74, 6) is -11.5. The van der Waals surface area contributed by atoms with Crippen LogP contribution in [0.2, 0.25) is 0 Å². The maximum atomic E-state index is 13.3. The maximum Gasteiger partial charge on any atom is 0.308 e. The van der Waals surface area contributed by atoms with E-state index >= 15 is 0 Å². The zero-order valence-electron chi connectivity index (χ0n) is 17.1. The highest BCUT2D eigenvalue weighted by Crippen LogP contribution is 2.48. The molecule has 2 aromatic carbocycles. The van der Waals surface area contributed by atoms with Gasteiger partial charge >= 0.3 is 17.9 Å². The van der Waals surface area contributed by atoms with Crippen LogP contribution in [0.1, 0.15) is 11.1 Å². The molecule has 0 radical (unpaired) electrons. The summed E-state index contributed by atoms with van der Waals surface area (Å²) >= 11 is 0. The van der Waals surface area contributed by atoms with Gasteiger partial charge in [-0.05, 0) is 11.1 Å². The van der Waals surface area contributed by atoms with Crippen molar-refractivity contribution in [3.63, 3.8) is 0 Å². The minimum absolute atomic E-state index is 0.107. The second-order valence-corrected chi connectivity index (χ2v) is 7.64. The highest BCUT2D eigenvalue weighted by atomic mass is 16.4. The molecule has 1 fully saturated rings. The van der Waals surface area contributed by atoms with E-state index in [2.05, 4.69) is 0 Å². The quantitative estimate of drug-likeness (QED) is 0.549. The van der Waals surface area contributed by atoms with Crippen LogP contribution in [0.25, 0.3) is 6.08 Å². The molecule has 8 heteroatoms. The lowest BCUT2D eigenvalue weighted by Gasteiger charge is -2.45. The average molecular weight is 437 g/mol. The third kappa shape index (κ3) is 4.85. The van der Waals surface area contributed by atoms with E-state index in [0.29, 0.717) is 0 Å². The molecule has 3 rings (SSSR count). The van der Waals surface area contributed by atoms with E-state index in [1.165, 1.54) is 4.90 Å². The number of amides is 1. The highest BCUT2D eigenvalue weighted by Gasteiger charge is 2.64. The lowest BCUT2D eigenvalue weighted by molar-refractivity contribution is -0.189. The van der Waals surface area contributed by atoms with Crippen LogP contribution in [0.5, 0.6) is 0 Å². The third-order valence-corrected chi connectivity index (χ3v) is 5.65. The van der Waals surface area contributed by atoms with Crippen molar-refractivity contribution in [1.29, 1.82) is 0 Å². The van der Waals surface area contributed by atoms with Gasteiger partial charge in [-0.3, -0.25) is 19.2 Å². The lowest BCUT2D eigenvalue weighted by atomic mass is 9.56. The van der Waals surface area contributed by atoms with Gasteiger partial charge in [0.2, 0.25) is 5.91 Å². The number of rotatable bonds is 9. The second-order valence-electron chi connectivity index (χ2n) is 7.64. The summed E-state index contributed by atoms with van der Waals surface area (Å²) in [6.45, 7) is 0.237. The van der Waals surface area contributed by atoms with Crippen LogP contribution < -0.4 is 0 Å². The van der Waals surface area contributed by atoms with Crippen LogP contribution in [-0.4, -0.2) is 50.6 Å². The molecule has 0 spiro atoms. The molecule has 166 valence electrons. The van der Waals surface area contributed by atoms with E-state index in [9.17, 15) is 34.5 Å². The van der Waals surface area contributed by atoms with Crippen LogP contribution in [0.15, 0.2) is 66.7 Å². The summed E-state index contributed by atoms with van der Waals surface area (Å²) in [5.41, 5.74) is 1.68. The van der Waals surface area contributed by atoms with Crippen LogP contribution in [0, 0.1) is 23.7 Å². The monoisotopic (exact) mass is 437 g/mol. The summed E-state index contributed by atoms with van der Waals surface area (Å²) in [4.78, 5) is 49.7. The van der Waals surface area contributed by atoms with E-state index < -0.39 is 47.5 Å². The van der Waals surface area contributed by atoms with Crippen LogP contribution >= 0.6 is 0 Å². The number of carbonyl (C=O) groups excluding carboxylic acids is 1. The highest BCUT2D eigenvalue weighted by molar-refractivity contribution is 5.98. The molecule has 1 saturated carbocycles. The second kappa shape index (κ2) is 9.91. The Morgan fingerprint density at radius 2 is 1.19 bits per heavy atom. The molecule has 1 aliphatic rings. The van der Waals surface area contributed by atoms with Gasteiger partial charge in [0.15, 0.2) is 0 Å². The molecule has 0 saturated heterocycles. The number of carbonyl (C=O) groups is 4. The summed E-state index contributed by atoms with van der Waals surface area (Å²) < 4.78 is 0. The van der Waals surface area contributed by atoms with Crippen molar-refractivity contribution in [2.24, 2.45) is 23.7 Å². The van der Waals surface area contributed by atoms with Crippen molar-refractivity contribution in [2.75, 3.05) is 6.54 Å². The number of nitrogens with zero attached hydrogens (tertiary/aromatic N) is 1. The van der Waals surface area contributed by atoms with Gasteiger partial charge in [-0.1, -0.05) is 72.8 Å². The normalized spacial score (nSPS) is 22.1. The summed E-state index contributed by atoms with van der Waals surface area (Å²) in [7, 11) is 0. The Morgan fingerprint density at radius 3 is 1.69 bits per heavy atom. The van der Waals surface area contributed by atoms with Crippen molar-refractivity contribution >= 4 is 29.9 Å². The maximum absolute atomic E-state index is 13.3. The SMILES string of the molecule is O=C(O)C1C(C(=O)O)C(C(=O)N(C/C=C/c2ccccc2)Cc2ccccc2)C1C(=O)O. The van der Waals surface area contributed by atoms with E-state index in [4.69, 9.17) is 0 Å². The van der Waals surface area contributed by atoms with Gasteiger partial charge in [0.05, 0.1) is 23.7 Å². The molecule has 0 bridgehead atoms. The van der Waals surface area contributed by atoms with E-state index in [1.54, 1.807) is 36.4 Å². The van der Waals surface area contributed by atoms with Gasteiger partial charge in [-0.2, -0.15) is 0 Å². The number of hydrogen-bond acceptors (Lipinski definition) is 4. The zero-order valence-corrected chi connectivity index (χ0v) is 17.1.